The van der Waals surface area contributed by atoms with Crippen LogP contribution in [0.3, 0.4) is 0 Å². The average molecular weight is 514 g/mol. The molecule has 0 spiro atoms. The van der Waals surface area contributed by atoms with E-state index in [-0.39, 0.29) is 23.6 Å². The molecule has 7 rings (SSSR count). The van der Waals surface area contributed by atoms with Gasteiger partial charge in [-0.15, -0.1) is 0 Å². The predicted octanol–water partition coefficient (Wildman–Crippen LogP) is 4.06. The van der Waals surface area contributed by atoms with Gasteiger partial charge >= 0.3 is 6.03 Å². The van der Waals surface area contributed by atoms with Crippen LogP contribution < -0.4 is 4.90 Å². The molecular weight excluding hydrogens is 490 g/mol. The molecule has 190 valence electrons. The first-order valence-corrected chi connectivity index (χ1v) is 12.9. The Hall–Kier alpha value is -5.03. The van der Waals surface area contributed by atoms with E-state index in [1.807, 2.05) is 60.7 Å². The highest BCUT2D eigenvalue weighted by atomic mass is 16.2. The van der Waals surface area contributed by atoms with Gasteiger partial charge in [0.1, 0.15) is 17.8 Å². The van der Waals surface area contributed by atoms with E-state index >= 15 is 0 Å². The normalized spacial score (nSPS) is 21.6. The number of fused-ring (bicyclic) bond motifs is 6. The number of amides is 4. The van der Waals surface area contributed by atoms with E-state index in [2.05, 4.69) is 11.1 Å². The molecule has 3 aliphatic heterocycles. The van der Waals surface area contributed by atoms with Crippen LogP contribution in [0.15, 0.2) is 91.1 Å². The second-order valence-corrected chi connectivity index (χ2v) is 10.2. The summed E-state index contributed by atoms with van der Waals surface area (Å²) in [5, 5.41) is 10.7. The van der Waals surface area contributed by atoms with Gasteiger partial charge in [0.25, 0.3) is 5.91 Å². The number of nitrogens with zero attached hydrogens (tertiary/aromatic N) is 5. The Morgan fingerprint density at radius 2 is 1.51 bits per heavy atom. The van der Waals surface area contributed by atoms with Gasteiger partial charge in [0, 0.05) is 17.3 Å². The Labute approximate surface area is 224 Å². The van der Waals surface area contributed by atoms with Gasteiger partial charge in [-0.1, -0.05) is 84.9 Å². The van der Waals surface area contributed by atoms with E-state index in [0.717, 1.165) is 11.1 Å². The number of nitriles is 1. The van der Waals surface area contributed by atoms with Gasteiger partial charge in [-0.3, -0.25) is 9.59 Å². The minimum atomic E-state index is -0.748. The summed E-state index contributed by atoms with van der Waals surface area (Å²) in [5.41, 5.74) is 2.37. The molecule has 3 aromatic carbocycles. The minimum Gasteiger partial charge on any atom is -0.334 e. The SMILES string of the molecule is N#Cc1ncc(N2C(=O)[C@H]3C4C[C@H](CN4C(=O)C(c4ccccc4)c4ccccc4)N3C2=O)c2ccccc12. The fourth-order valence-corrected chi connectivity index (χ4v) is 6.51. The number of benzene rings is 3. The molecule has 8 heteroatoms. The molecule has 3 saturated heterocycles. The largest absolute Gasteiger partial charge is 0.334 e. The Morgan fingerprint density at radius 1 is 0.897 bits per heavy atom. The monoisotopic (exact) mass is 513 g/mol. The molecule has 4 heterocycles. The molecule has 0 N–H and O–H groups in total. The van der Waals surface area contributed by atoms with Crippen molar-refractivity contribution >= 4 is 34.3 Å². The van der Waals surface area contributed by atoms with Crippen molar-refractivity contribution in [2.75, 3.05) is 11.4 Å². The van der Waals surface area contributed by atoms with Gasteiger partial charge in [0.2, 0.25) is 5.91 Å². The van der Waals surface area contributed by atoms with Gasteiger partial charge in [0.05, 0.1) is 29.9 Å². The number of likely N-dealkylation sites (tertiary alicyclic amines) is 1. The van der Waals surface area contributed by atoms with Gasteiger partial charge in [0.15, 0.2) is 0 Å². The summed E-state index contributed by atoms with van der Waals surface area (Å²) in [6.45, 7) is 0.384. The summed E-state index contributed by atoms with van der Waals surface area (Å²) in [7, 11) is 0. The molecule has 39 heavy (non-hydrogen) atoms. The lowest BCUT2D eigenvalue weighted by atomic mass is 9.89. The highest BCUT2D eigenvalue weighted by Gasteiger charge is 2.63. The van der Waals surface area contributed by atoms with Crippen molar-refractivity contribution in [2.24, 2.45) is 0 Å². The van der Waals surface area contributed by atoms with Crippen LogP contribution in [-0.4, -0.2) is 57.3 Å². The number of carbonyl (C=O) groups excluding carboxylic acids is 3. The lowest BCUT2D eigenvalue weighted by Crippen LogP contribution is -2.55. The highest BCUT2D eigenvalue weighted by molar-refractivity contribution is 6.25. The number of hydrogen-bond donors (Lipinski definition) is 0. The Morgan fingerprint density at radius 3 is 2.15 bits per heavy atom. The number of pyridine rings is 1. The zero-order valence-corrected chi connectivity index (χ0v) is 20.8. The van der Waals surface area contributed by atoms with Crippen molar-refractivity contribution in [3.8, 4) is 6.07 Å². The lowest BCUT2D eigenvalue weighted by Gasteiger charge is -2.37. The third-order valence-electron chi connectivity index (χ3n) is 8.18. The minimum absolute atomic E-state index is 0.0660. The lowest BCUT2D eigenvalue weighted by molar-refractivity contribution is -0.136. The number of carbonyl (C=O) groups is 3. The van der Waals surface area contributed by atoms with Gasteiger partial charge < -0.3 is 9.80 Å². The van der Waals surface area contributed by atoms with Crippen LogP contribution in [0.25, 0.3) is 10.8 Å². The quantitative estimate of drug-likeness (QED) is 0.384. The number of aromatic nitrogens is 1. The summed E-state index contributed by atoms with van der Waals surface area (Å²) < 4.78 is 0. The number of rotatable bonds is 4. The summed E-state index contributed by atoms with van der Waals surface area (Å²) in [6.07, 6.45) is 1.99. The Bertz CT molecular complexity index is 1640. The van der Waals surface area contributed by atoms with Crippen molar-refractivity contribution in [1.82, 2.24) is 14.8 Å². The second-order valence-electron chi connectivity index (χ2n) is 10.2. The molecule has 0 radical (unpaired) electrons. The van der Waals surface area contributed by atoms with Crippen molar-refractivity contribution < 1.29 is 14.4 Å². The van der Waals surface area contributed by atoms with Crippen LogP contribution in [0, 0.1) is 11.3 Å². The number of hydrogen-bond acceptors (Lipinski definition) is 5. The molecule has 1 aromatic heterocycles. The summed E-state index contributed by atoms with van der Waals surface area (Å²) in [5.74, 6) is -0.934. The number of piperazine rings is 1. The summed E-state index contributed by atoms with van der Waals surface area (Å²) >= 11 is 0. The first-order valence-electron chi connectivity index (χ1n) is 12.9. The maximum Gasteiger partial charge on any atom is 0.332 e. The molecule has 1 unspecified atom stereocenters. The predicted molar refractivity (Wildman–Crippen MR) is 144 cm³/mol. The van der Waals surface area contributed by atoms with E-state index in [1.54, 1.807) is 34.1 Å². The fraction of sp³-hybridized carbons (Fsp3) is 0.194. The maximum absolute atomic E-state index is 14.2. The van der Waals surface area contributed by atoms with Crippen molar-refractivity contribution in [2.45, 2.75) is 30.5 Å². The van der Waals surface area contributed by atoms with Crippen LogP contribution in [0.4, 0.5) is 10.5 Å². The van der Waals surface area contributed by atoms with Crippen molar-refractivity contribution in [1.29, 1.82) is 5.26 Å². The van der Waals surface area contributed by atoms with Crippen LogP contribution in [0.2, 0.25) is 0 Å². The van der Waals surface area contributed by atoms with Crippen LogP contribution in [0.5, 0.6) is 0 Å². The first-order chi connectivity index (χ1) is 19.1. The number of anilines is 1. The van der Waals surface area contributed by atoms with Crippen LogP contribution in [-0.2, 0) is 9.59 Å². The highest BCUT2D eigenvalue weighted by Crippen LogP contribution is 2.45. The van der Waals surface area contributed by atoms with Gasteiger partial charge in [-0.05, 0) is 17.5 Å². The molecule has 0 saturated carbocycles. The Balaban J connectivity index is 1.24. The van der Waals surface area contributed by atoms with Gasteiger partial charge in [-0.25, -0.2) is 14.7 Å². The molecule has 2 bridgehead atoms. The van der Waals surface area contributed by atoms with E-state index in [0.29, 0.717) is 29.4 Å². The van der Waals surface area contributed by atoms with Crippen molar-refractivity contribution in [3.63, 3.8) is 0 Å². The average Bonchev–Trinajstić information content (AvgIpc) is 3.65. The molecule has 3 atom stereocenters. The summed E-state index contributed by atoms with van der Waals surface area (Å²) in [4.78, 5) is 50.6. The molecule has 3 aliphatic rings. The third kappa shape index (κ3) is 3.36. The standard InChI is InChI=1S/C31H23N5O3/c32-16-24-22-13-7-8-14-23(22)26(17-33-24)36-30(38)28-25-15-21(35(28)31(36)39)18-34(25)29(37)27(19-9-3-1-4-10-19)20-11-5-2-6-12-20/h1-14,17,21,25,27-28H,15,18H2/t21-,25?,28-/m1/s1. The smallest absolute Gasteiger partial charge is 0.332 e. The number of urea groups is 1. The Kier molecular flexibility index (Phi) is 5.20. The molecular formula is C31H23N5O3. The van der Waals surface area contributed by atoms with E-state index in [9.17, 15) is 19.6 Å². The van der Waals surface area contributed by atoms with E-state index in [1.165, 1.54) is 11.1 Å². The molecule has 0 aliphatic carbocycles. The molecule has 8 nitrogen and oxygen atoms in total. The van der Waals surface area contributed by atoms with Gasteiger partial charge in [-0.2, -0.15) is 5.26 Å². The first kappa shape index (κ1) is 23.1. The third-order valence-corrected chi connectivity index (χ3v) is 8.18. The van der Waals surface area contributed by atoms with Crippen LogP contribution >= 0.6 is 0 Å². The van der Waals surface area contributed by atoms with E-state index < -0.39 is 24.0 Å². The zero-order valence-electron chi connectivity index (χ0n) is 20.8. The van der Waals surface area contributed by atoms with E-state index in [4.69, 9.17) is 0 Å². The molecule has 3 fully saturated rings. The maximum atomic E-state index is 14.2. The number of imide groups is 1. The van der Waals surface area contributed by atoms with Crippen LogP contribution in [0.1, 0.15) is 29.2 Å². The molecule has 4 aromatic rings. The fourth-order valence-electron chi connectivity index (χ4n) is 6.51. The topological polar surface area (TPSA) is 97.6 Å². The second kappa shape index (κ2) is 8.77. The zero-order chi connectivity index (χ0) is 26.7. The van der Waals surface area contributed by atoms with Crippen molar-refractivity contribution in [3.05, 3.63) is 108 Å². The summed E-state index contributed by atoms with van der Waals surface area (Å²) in [6, 6.07) is 26.7. The molecule has 4 amide bonds.